The van der Waals surface area contributed by atoms with Gasteiger partial charge in [0.05, 0.1) is 13.2 Å². The van der Waals surface area contributed by atoms with Crippen molar-refractivity contribution in [3.8, 4) is 0 Å². The van der Waals surface area contributed by atoms with Crippen molar-refractivity contribution < 1.29 is 18.7 Å². The van der Waals surface area contributed by atoms with Crippen molar-refractivity contribution in [1.82, 2.24) is 0 Å². The number of aliphatic hydroxyl groups excluding tert-OH is 1. The van der Waals surface area contributed by atoms with Crippen molar-refractivity contribution in [1.29, 1.82) is 0 Å². The van der Waals surface area contributed by atoms with Gasteiger partial charge in [-0.05, 0) is 18.4 Å². The van der Waals surface area contributed by atoms with Crippen molar-refractivity contribution in [3.05, 3.63) is 35.9 Å². The molecule has 1 N–H and O–H groups in total. The van der Waals surface area contributed by atoms with Crippen LogP contribution in [0.15, 0.2) is 30.3 Å². The maximum absolute atomic E-state index is 12.8. The molecule has 1 aromatic carbocycles. The highest BCUT2D eigenvalue weighted by Crippen LogP contribution is 2.59. The highest BCUT2D eigenvalue weighted by molar-refractivity contribution is 7.54. The fourth-order valence-corrected chi connectivity index (χ4v) is 3.32. The van der Waals surface area contributed by atoms with Gasteiger partial charge in [-0.15, -0.1) is 0 Å². The number of rotatable bonds is 10. The summed E-state index contributed by atoms with van der Waals surface area (Å²) < 4.78 is 23.6. The van der Waals surface area contributed by atoms with E-state index in [1.807, 2.05) is 19.9 Å². The molecule has 0 aliphatic heterocycles. The van der Waals surface area contributed by atoms with E-state index in [-0.39, 0.29) is 0 Å². The molecular formula is C15H25O4P. The predicted molar refractivity (Wildman–Crippen MR) is 80.7 cm³/mol. The molecule has 1 rings (SSSR count). The summed E-state index contributed by atoms with van der Waals surface area (Å²) in [4.78, 5) is 0. The Kier molecular flexibility index (Phi) is 8.08. The van der Waals surface area contributed by atoms with Crippen LogP contribution in [0.1, 0.15) is 50.9 Å². The van der Waals surface area contributed by atoms with Gasteiger partial charge < -0.3 is 14.2 Å². The number of benzene rings is 1. The molecule has 0 radical (unpaired) electrons. The van der Waals surface area contributed by atoms with Gasteiger partial charge in [0.2, 0.25) is 0 Å². The maximum atomic E-state index is 12.8. The predicted octanol–water partition coefficient (Wildman–Crippen LogP) is 4.50. The summed E-state index contributed by atoms with van der Waals surface area (Å²) in [6, 6.07) is 8.88. The second-order valence-corrected chi connectivity index (χ2v) is 6.78. The third kappa shape index (κ3) is 5.37. The molecule has 20 heavy (non-hydrogen) atoms. The van der Waals surface area contributed by atoms with E-state index in [0.29, 0.717) is 18.8 Å². The molecule has 0 bridgehead atoms. The third-order valence-corrected chi connectivity index (χ3v) is 4.92. The average Bonchev–Trinajstić information content (AvgIpc) is 2.48. The van der Waals surface area contributed by atoms with Crippen molar-refractivity contribution in [3.63, 3.8) is 0 Å². The minimum Gasteiger partial charge on any atom is -0.376 e. The average molecular weight is 300 g/mol. The summed E-state index contributed by atoms with van der Waals surface area (Å²) in [5.41, 5.74) is 0.559. The first-order chi connectivity index (χ1) is 9.64. The lowest BCUT2D eigenvalue weighted by atomic mass is 10.2. The van der Waals surface area contributed by atoms with E-state index in [0.717, 1.165) is 25.7 Å². The van der Waals surface area contributed by atoms with E-state index >= 15 is 0 Å². The molecule has 4 nitrogen and oxygen atoms in total. The number of hydrogen-bond acceptors (Lipinski definition) is 4. The van der Waals surface area contributed by atoms with Gasteiger partial charge in [-0.1, -0.05) is 57.0 Å². The monoisotopic (exact) mass is 300 g/mol. The first kappa shape index (κ1) is 17.4. The highest BCUT2D eigenvalue weighted by atomic mass is 31.2. The number of hydrogen-bond donors (Lipinski definition) is 1. The Bertz CT molecular complexity index is 394. The topological polar surface area (TPSA) is 55.8 Å². The lowest BCUT2D eigenvalue weighted by Gasteiger charge is -2.23. The Morgan fingerprint density at radius 1 is 1.05 bits per heavy atom. The van der Waals surface area contributed by atoms with E-state index in [9.17, 15) is 9.67 Å². The Hall–Kier alpha value is -0.670. The molecule has 1 atom stereocenters. The van der Waals surface area contributed by atoms with Crippen LogP contribution in [0.4, 0.5) is 0 Å². The smallest absolute Gasteiger partial charge is 0.363 e. The number of unbranched alkanes of at least 4 members (excludes halogenated alkanes) is 2. The zero-order chi connectivity index (χ0) is 14.8. The van der Waals surface area contributed by atoms with E-state index in [2.05, 4.69) is 0 Å². The molecule has 1 aromatic rings. The second-order valence-electron chi connectivity index (χ2n) is 4.70. The Morgan fingerprint density at radius 2 is 1.55 bits per heavy atom. The van der Waals surface area contributed by atoms with Crippen LogP contribution >= 0.6 is 7.60 Å². The van der Waals surface area contributed by atoms with Crippen molar-refractivity contribution >= 4 is 7.60 Å². The van der Waals surface area contributed by atoms with E-state index in [1.165, 1.54) is 0 Å². The van der Waals surface area contributed by atoms with Crippen LogP contribution in [-0.2, 0) is 13.6 Å². The van der Waals surface area contributed by atoms with Crippen molar-refractivity contribution in [2.24, 2.45) is 0 Å². The summed E-state index contributed by atoms with van der Waals surface area (Å²) in [6.07, 6.45) is 3.47. The van der Waals surface area contributed by atoms with Gasteiger partial charge in [-0.25, -0.2) is 0 Å². The third-order valence-electron chi connectivity index (χ3n) is 2.94. The molecule has 5 heteroatoms. The fourth-order valence-electron chi connectivity index (χ4n) is 1.66. The Balaban J connectivity index is 2.77. The van der Waals surface area contributed by atoms with Crippen LogP contribution in [0.5, 0.6) is 0 Å². The SMILES string of the molecule is CCCCOP(=O)(OCCCC)C(O)c1ccccc1. The molecule has 0 saturated carbocycles. The van der Waals surface area contributed by atoms with Crippen LogP contribution in [0, 0.1) is 0 Å². The van der Waals surface area contributed by atoms with Gasteiger partial charge in [0.15, 0.2) is 5.85 Å². The molecule has 0 heterocycles. The van der Waals surface area contributed by atoms with Gasteiger partial charge in [-0.3, -0.25) is 4.57 Å². The van der Waals surface area contributed by atoms with Crippen LogP contribution in [0.3, 0.4) is 0 Å². The minimum atomic E-state index is -3.54. The summed E-state index contributed by atoms with van der Waals surface area (Å²) >= 11 is 0. The van der Waals surface area contributed by atoms with Crippen LogP contribution < -0.4 is 0 Å². The summed E-state index contributed by atoms with van der Waals surface area (Å²) in [5, 5.41) is 10.3. The van der Waals surface area contributed by atoms with Crippen molar-refractivity contribution in [2.75, 3.05) is 13.2 Å². The van der Waals surface area contributed by atoms with Gasteiger partial charge in [0.1, 0.15) is 0 Å². The quantitative estimate of drug-likeness (QED) is 0.510. The summed E-state index contributed by atoms with van der Waals surface area (Å²) in [6.45, 7) is 4.73. The lowest BCUT2D eigenvalue weighted by molar-refractivity contribution is 0.139. The standard InChI is InChI=1S/C15H25O4P/c1-3-5-12-18-20(17,19-13-6-4-2)15(16)14-10-8-7-9-11-14/h7-11,15-16H,3-6,12-13H2,1-2H3. The van der Waals surface area contributed by atoms with E-state index in [1.54, 1.807) is 24.3 Å². The number of aliphatic hydroxyl groups is 1. The van der Waals surface area contributed by atoms with Gasteiger partial charge in [0, 0.05) is 0 Å². The molecule has 0 fully saturated rings. The van der Waals surface area contributed by atoms with Gasteiger partial charge in [-0.2, -0.15) is 0 Å². The molecular weight excluding hydrogens is 275 g/mol. The molecule has 0 amide bonds. The molecule has 0 spiro atoms. The maximum Gasteiger partial charge on any atom is 0.363 e. The zero-order valence-corrected chi connectivity index (χ0v) is 13.2. The van der Waals surface area contributed by atoms with Gasteiger partial charge in [0.25, 0.3) is 0 Å². The molecule has 0 aliphatic carbocycles. The first-order valence-electron chi connectivity index (χ1n) is 7.26. The van der Waals surface area contributed by atoms with Gasteiger partial charge >= 0.3 is 7.60 Å². The van der Waals surface area contributed by atoms with E-state index in [4.69, 9.17) is 9.05 Å². The minimum absolute atomic E-state index is 0.337. The van der Waals surface area contributed by atoms with Crippen LogP contribution in [0.2, 0.25) is 0 Å². The molecule has 114 valence electrons. The fraction of sp³-hybridized carbons (Fsp3) is 0.600. The summed E-state index contributed by atoms with van der Waals surface area (Å²) in [7, 11) is -3.54. The summed E-state index contributed by atoms with van der Waals surface area (Å²) in [5.74, 6) is -1.22. The molecule has 0 aromatic heterocycles. The molecule has 0 saturated heterocycles. The molecule has 1 unspecified atom stereocenters. The second kappa shape index (κ2) is 9.30. The van der Waals surface area contributed by atoms with Crippen molar-refractivity contribution in [2.45, 2.75) is 45.4 Å². The zero-order valence-electron chi connectivity index (χ0n) is 12.3. The molecule has 0 aliphatic rings. The normalized spacial score (nSPS) is 13.3. The highest BCUT2D eigenvalue weighted by Gasteiger charge is 2.35. The van der Waals surface area contributed by atoms with Crippen LogP contribution in [-0.4, -0.2) is 18.3 Å². The van der Waals surface area contributed by atoms with Crippen LogP contribution in [0.25, 0.3) is 0 Å². The first-order valence-corrected chi connectivity index (χ1v) is 8.87. The Labute approximate surface area is 121 Å². The van der Waals surface area contributed by atoms with E-state index < -0.39 is 13.4 Å². The largest absolute Gasteiger partial charge is 0.376 e. The Morgan fingerprint density at radius 3 is 2.00 bits per heavy atom. The lowest BCUT2D eigenvalue weighted by Crippen LogP contribution is -2.07.